The first-order chi connectivity index (χ1) is 13.7. The number of amides is 1. The zero-order valence-corrected chi connectivity index (χ0v) is 17.4. The second-order valence-electron chi connectivity index (χ2n) is 6.86. The van der Waals surface area contributed by atoms with E-state index in [0.29, 0.717) is 12.4 Å². The lowest BCUT2D eigenvalue weighted by Gasteiger charge is -2.24. The summed E-state index contributed by atoms with van der Waals surface area (Å²) in [5.74, 6) is 2.83. The fourth-order valence-corrected chi connectivity index (χ4v) is 3.96. The molecule has 1 saturated heterocycles. The Morgan fingerprint density at radius 2 is 1.68 bits per heavy atom. The second-order valence-corrected chi connectivity index (χ2v) is 7.80. The average Bonchev–Trinajstić information content (AvgIpc) is 3.04. The standard InChI is InChI=1S/C20H28N4O3S/c1-23-18(14-27-17-10-8-16(26-2)9-11-17)21-22-20(23)28-15-19(25)24-12-6-4-3-5-7-13-24/h8-11H,3-7,12-15H2,1-2H3. The molecule has 1 aromatic heterocycles. The van der Waals surface area contributed by atoms with Gasteiger partial charge in [-0.15, -0.1) is 10.2 Å². The van der Waals surface area contributed by atoms with Crippen LogP contribution in [0.25, 0.3) is 0 Å². The number of nitrogens with zero attached hydrogens (tertiary/aromatic N) is 4. The molecule has 1 fully saturated rings. The minimum atomic E-state index is 0.186. The van der Waals surface area contributed by atoms with Gasteiger partial charge in [0.15, 0.2) is 11.0 Å². The Bertz CT molecular complexity index is 755. The van der Waals surface area contributed by atoms with Crippen molar-refractivity contribution in [1.29, 1.82) is 0 Å². The smallest absolute Gasteiger partial charge is 0.233 e. The molecule has 1 amide bonds. The van der Waals surface area contributed by atoms with Crippen LogP contribution in [0.15, 0.2) is 29.4 Å². The first-order valence-electron chi connectivity index (χ1n) is 9.73. The maximum Gasteiger partial charge on any atom is 0.233 e. The number of benzene rings is 1. The third-order valence-corrected chi connectivity index (χ3v) is 5.89. The van der Waals surface area contributed by atoms with E-state index >= 15 is 0 Å². The second kappa shape index (κ2) is 10.4. The number of carbonyl (C=O) groups is 1. The minimum absolute atomic E-state index is 0.186. The van der Waals surface area contributed by atoms with Gasteiger partial charge in [0.25, 0.3) is 0 Å². The Morgan fingerprint density at radius 3 is 2.36 bits per heavy atom. The van der Waals surface area contributed by atoms with Crippen LogP contribution < -0.4 is 9.47 Å². The van der Waals surface area contributed by atoms with Crippen LogP contribution in [-0.2, 0) is 18.4 Å². The van der Waals surface area contributed by atoms with Gasteiger partial charge in [0.2, 0.25) is 5.91 Å². The van der Waals surface area contributed by atoms with E-state index in [1.807, 2.05) is 40.8 Å². The van der Waals surface area contributed by atoms with Crippen molar-refractivity contribution in [3.05, 3.63) is 30.1 Å². The molecule has 1 aliphatic rings. The van der Waals surface area contributed by atoms with Crippen molar-refractivity contribution in [2.24, 2.45) is 7.05 Å². The van der Waals surface area contributed by atoms with E-state index in [0.717, 1.165) is 48.4 Å². The molecule has 3 rings (SSSR count). The lowest BCUT2D eigenvalue weighted by atomic mass is 10.1. The summed E-state index contributed by atoms with van der Waals surface area (Å²) >= 11 is 1.43. The number of aromatic nitrogens is 3. The minimum Gasteiger partial charge on any atom is -0.497 e. The van der Waals surface area contributed by atoms with Gasteiger partial charge in [0.1, 0.15) is 18.1 Å². The maximum atomic E-state index is 12.5. The molecule has 2 heterocycles. The number of methoxy groups -OCH3 is 1. The van der Waals surface area contributed by atoms with Gasteiger partial charge in [-0.3, -0.25) is 4.79 Å². The molecule has 0 radical (unpaired) electrons. The summed E-state index contributed by atoms with van der Waals surface area (Å²) in [6.07, 6.45) is 5.94. The monoisotopic (exact) mass is 404 g/mol. The Morgan fingerprint density at radius 1 is 1.04 bits per heavy atom. The van der Waals surface area contributed by atoms with Crippen LogP contribution in [0.1, 0.15) is 37.9 Å². The molecule has 0 unspecified atom stereocenters. The molecule has 0 aliphatic carbocycles. The quantitative estimate of drug-likeness (QED) is 0.660. The van der Waals surface area contributed by atoms with Crippen molar-refractivity contribution < 1.29 is 14.3 Å². The number of rotatable bonds is 7. The van der Waals surface area contributed by atoms with Crippen LogP contribution in [0, 0.1) is 0 Å². The molecule has 152 valence electrons. The van der Waals surface area contributed by atoms with Gasteiger partial charge < -0.3 is 18.9 Å². The first kappa shape index (κ1) is 20.5. The molecule has 0 atom stereocenters. The summed E-state index contributed by atoms with van der Waals surface area (Å²) in [5.41, 5.74) is 0. The SMILES string of the molecule is COc1ccc(OCc2nnc(SCC(=O)N3CCCCCCC3)n2C)cc1. The highest BCUT2D eigenvalue weighted by Crippen LogP contribution is 2.20. The van der Waals surface area contributed by atoms with Crippen LogP contribution in [-0.4, -0.2) is 51.5 Å². The van der Waals surface area contributed by atoms with E-state index < -0.39 is 0 Å². The van der Waals surface area contributed by atoms with Crippen LogP contribution in [0.2, 0.25) is 0 Å². The van der Waals surface area contributed by atoms with Gasteiger partial charge in [0, 0.05) is 20.1 Å². The van der Waals surface area contributed by atoms with Crippen molar-refractivity contribution in [2.75, 3.05) is 26.0 Å². The van der Waals surface area contributed by atoms with E-state index in [1.165, 1.54) is 31.0 Å². The summed E-state index contributed by atoms with van der Waals surface area (Å²) in [5, 5.41) is 9.14. The number of ether oxygens (including phenoxy) is 2. The molecule has 28 heavy (non-hydrogen) atoms. The zero-order valence-electron chi connectivity index (χ0n) is 16.6. The van der Waals surface area contributed by atoms with Crippen LogP contribution >= 0.6 is 11.8 Å². The van der Waals surface area contributed by atoms with Crippen molar-refractivity contribution in [2.45, 2.75) is 43.9 Å². The topological polar surface area (TPSA) is 69.5 Å². The van der Waals surface area contributed by atoms with Gasteiger partial charge in [-0.25, -0.2) is 0 Å². The highest BCUT2D eigenvalue weighted by molar-refractivity contribution is 7.99. The molecule has 0 N–H and O–H groups in total. The Kier molecular flexibility index (Phi) is 7.59. The summed E-state index contributed by atoms with van der Waals surface area (Å²) < 4.78 is 12.8. The molecule has 0 saturated carbocycles. The van der Waals surface area contributed by atoms with E-state index in [9.17, 15) is 4.79 Å². The number of carbonyl (C=O) groups excluding carboxylic acids is 1. The normalized spacial score (nSPS) is 15.0. The Hall–Kier alpha value is -2.22. The third kappa shape index (κ3) is 5.64. The van der Waals surface area contributed by atoms with Crippen molar-refractivity contribution in [3.63, 3.8) is 0 Å². The summed E-state index contributed by atoms with van der Waals surface area (Å²) in [7, 11) is 3.53. The average molecular weight is 405 g/mol. The molecular weight excluding hydrogens is 376 g/mol. The van der Waals surface area contributed by atoms with Crippen LogP contribution in [0.4, 0.5) is 0 Å². The van der Waals surface area contributed by atoms with Gasteiger partial charge >= 0.3 is 0 Å². The van der Waals surface area contributed by atoms with Crippen molar-refractivity contribution >= 4 is 17.7 Å². The lowest BCUT2D eigenvalue weighted by molar-refractivity contribution is -0.128. The van der Waals surface area contributed by atoms with Gasteiger partial charge in [0.05, 0.1) is 12.9 Å². The number of thioether (sulfide) groups is 1. The fourth-order valence-electron chi connectivity index (χ4n) is 3.13. The fraction of sp³-hybridized carbons (Fsp3) is 0.550. The number of hydrogen-bond donors (Lipinski definition) is 0. The lowest BCUT2D eigenvalue weighted by Crippen LogP contribution is -2.35. The Labute approximate surface area is 170 Å². The molecule has 2 aromatic rings. The molecular formula is C20H28N4O3S. The first-order valence-corrected chi connectivity index (χ1v) is 10.7. The van der Waals surface area contributed by atoms with Gasteiger partial charge in [-0.05, 0) is 37.1 Å². The largest absolute Gasteiger partial charge is 0.497 e. The zero-order chi connectivity index (χ0) is 19.8. The van der Waals surface area contributed by atoms with E-state index in [2.05, 4.69) is 10.2 Å². The van der Waals surface area contributed by atoms with Crippen LogP contribution in [0.5, 0.6) is 11.5 Å². The summed E-state index contributed by atoms with van der Waals surface area (Å²) in [6, 6.07) is 7.41. The molecule has 0 spiro atoms. The third-order valence-electron chi connectivity index (χ3n) is 4.89. The highest BCUT2D eigenvalue weighted by Gasteiger charge is 2.17. The molecule has 7 nitrogen and oxygen atoms in total. The summed E-state index contributed by atoms with van der Waals surface area (Å²) in [6.45, 7) is 2.06. The predicted molar refractivity (Wildman–Crippen MR) is 109 cm³/mol. The number of hydrogen-bond acceptors (Lipinski definition) is 6. The van der Waals surface area contributed by atoms with E-state index in [4.69, 9.17) is 9.47 Å². The predicted octanol–water partition coefficient (Wildman–Crippen LogP) is 3.29. The maximum absolute atomic E-state index is 12.5. The molecule has 1 aliphatic heterocycles. The van der Waals surface area contributed by atoms with Crippen LogP contribution in [0.3, 0.4) is 0 Å². The van der Waals surface area contributed by atoms with Crippen molar-refractivity contribution in [1.82, 2.24) is 19.7 Å². The molecule has 8 heteroatoms. The van der Waals surface area contributed by atoms with E-state index in [-0.39, 0.29) is 5.91 Å². The van der Waals surface area contributed by atoms with Crippen molar-refractivity contribution in [3.8, 4) is 11.5 Å². The molecule has 1 aromatic carbocycles. The highest BCUT2D eigenvalue weighted by atomic mass is 32.2. The summed E-state index contributed by atoms with van der Waals surface area (Å²) in [4.78, 5) is 14.5. The van der Waals surface area contributed by atoms with Gasteiger partial charge in [-0.2, -0.15) is 0 Å². The van der Waals surface area contributed by atoms with Gasteiger partial charge in [-0.1, -0.05) is 31.0 Å². The molecule has 0 bridgehead atoms. The Balaban J connectivity index is 1.50. The number of likely N-dealkylation sites (tertiary alicyclic amines) is 1. The van der Waals surface area contributed by atoms with E-state index in [1.54, 1.807) is 7.11 Å².